The molecule has 0 aromatic carbocycles. The molecule has 2 aromatic heterocycles. The molecule has 0 radical (unpaired) electrons. The van der Waals surface area contributed by atoms with Gasteiger partial charge in [0.05, 0.1) is 10.2 Å². The Hall–Kier alpha value is -1.69. The Morgan fingerprint density at radius 1 is 1.56 bits per heavy atom. The molecule has 82 valence electrons. The van der Waals surface area contributed by atoms with E-state index in [4.69, 9.17) is 4.52 Å². The summed E-state index contributed by atoms with van der Waals surface area (Å²) in [5, 5.41) is 6.32. The van der Waals surface area contributed by atoms with Crippen LogP contribution in [0.15, 0.2) is 33.5 Å². The molecule has 16 heavy (non-hydrogen) atoms. The van der Waals surface area contributed by atoms with Gasteiger partial charge >= 0.3 is 0 Å². The van der Waals surface area contributed by atoms with Crippen LogP contribution in [0.4, 0.5) is 5.69 Å². The second-order valence-corrected chi connectivity index (χ2v) is 3.99. The Kier molecular flexibility index (Phi) is 3.00. The first kappa shape index (κ1) is 10.8. The van der Waals surface area contributed by atoms with Crippen molar-refractivity contribution in [3.05, 3.63) is 40.5 Å². The molecule has 1 N–H and O–H groups in total. The van der Waals surface area contributed by atoms with E-state index >= 15 is 0 Å². The standard InChI is InChI=1S/C10H8BrN3O2/c1-6-4-9(14-16-6)10(15)13-8-2-3-12-5-7(8)11/h2-5H,1H3,(H,12,13,15). The van der Waals surface area contributed by atoms with Crippen LogP contribution in [0, 0.1) is 6.92 Å². The van der Waals surface area contributed by atoms with E-state index in [1.165, 1.54) is 0 Å². The highest BCUT2D eigenvalue weighted by Crippen LogP contribution is 2.20. The first-order chi connectivity index (χ1) is 7.66. The molecule has 0 bridgehead atoms. The van der Waals surface area contributed by atoms with Crippen LogP contribution in [0.25, 0.3) is 0 Å². The number of nitrogens with zero attached hydrogens (tertiary/aromatic N) is 2. The number of carbonyl (C=O) groups is 1. The summed E-state index contributed by atoms with van der Waals surface area (Å²) in [6.45, 7) is 1.73. The predicted molar refractivity (Wildman–Crippen MR) is 61.1 cm³/mol. The fraction of sp³-hybridized carbons (Fsp3) is 0.100. The van der Waals surface area contributed by atoms with Gasteiger partial charge in [0.1, 0.15) is 5.76 Å². The minimum Gasteiger partial charge on any atom is -0.361 e. The maximum Gasteiger partial charge on any atom is 0.277 e. The van der Waals surface area contributed by atoms with Gasteiger partial charge in [0.2, 0.25) is 0 Å². The van der Waals surface area contributed by atoms with Crippen LogP contribution in [0.5, 0.6) is 0 Å². The highest BCUT2D eigenvalue weighted by Gasteiger charge is 2.12. The van der Waals surface area contributed by atoms with E-state index in [0.717, 1.165) is 0 Å². The van der Waals surface area contributed by atoms with Crippen molar-refractivity contribution in [1.29, 1.82) is 0 Å². The number of amides is 1. The highest BCUT2D eigenvalue weighted by molar-refractivity contribution is 9.10. The molecular formula is C10H8BrN3O2. The third-order valence-electron chi connectivity index (χ3n) is 1.88. The Labute approximate surface area is 100.0 Å². The Balaban J connectivity index is 2.17. The average molecular weight is 282 g/mol. The average Bonchev–Trinajstić information content (AvgIpc) is 2.68. The van der Waals surface area contributed by atoms with Crippen LogP contribution < -0.4 is 5.32 Å². The summed E-state index contributed by atoms with van der Waals surface area (Å²) < 4.78 is 5.53. The van der Waals surface area contributed by atoms with Crippen LogP contribution in [0.1, 0.15) is 16.2 Å². The van der Waals surface area contributed by atoms with Gasteiger partial charge in [-0.3, -0.25) is 9.78 Å². The Bertz CT molecular complexity index is 524. The number of hydrogen-bond donors (Lipinski definition) is 1. The number of nitrogens with one attached hydrogen (secondary N) is 1. The molecule has 5 nitrogen and oxygen atoms in total. The van der Waals surface area contributed by atoms with E-state index in [0.29, 0.717) is 15.9 Å². The molecule has 0 spiro atoms. The number of carbonyl (C=O) groups excluding carboxylic acids is 1. The zero-order chi connectivity index (χ0) is 11.5. The molecule has 2 rings (SSSR count). The number of halogens is 1. The van der Waals surface area contributed by atoms with Crippen LogP contribution >= 0.6 is 15.9 Å². The van der Waals surface area contributed by atoms with Crippen LogP contribution in [0.2, 0.25) is 0 Å². The smallest absolute Gasteiger partial charge is 0.277 e. The van der Waals surface area contributed by atoms with Crippen molar-refractivity contribution in [2.24, 2.45) is 0 Å². The maximum absolute atomic E-state index is 11.7. The van der Waals surface area contributed by atoms with Crippen LogP contribution in [0.3, 0.4) is 0 Å². The van der Waals surface area contributed by atoms with E-state index in [1.807, 2.05) is 0 Å². The summed E-state index contributed by atoms with van der Waals surface area (Å²) >= 11 is 3.28. The molecule has 2 heterocycles. The monoisotopic (exact) mass is 281 g/mol. The number of anilines is 1. The van der Waals surface area contributed by atoms with Gasteiger partial charge in [-0.25, -0.2) is 0 Å². The maximum atomic E-state index is 11.7. The van der Waals surface area contributed by atoms with E-state index in [1.54, 1.807) is 31.5 Å². The first-order valence-electron chi connectivity index (χ1n) is 4.51. The zero-order valence-electron chi connectivity index (χ0n) is 8.40. The lowest BCUT2D eigenvalue weighted by Crippen LogP contribution is -2.12. The molecule has 0 atom stereocenters. The summed E-state index contributed by atoms with van der Waals surface area (Å²) in [5.74, 6) is 0.280. The zero-order valence-corrected chi connectivity index (χ0v) is 9.98. The van der Waals surface area contributed by atoms with Crippen molar-refractivity contribution in [2.45, 2.75) is 6.92 Å². The van der Waals surface area contributed by atoms with Crippen molar-refractivity contribution in [3.63, 3.8) is 0 Å². The lowest BCUT2D eigenvalue weighted by molar-refractivity contribution is 0.101. The summed E-state index contributed by atoms with van der Waals surface area (Å²) in [7, 11) is 0. The topological polar surface area (TPSA) is 68.0 Å². The Morgan fingerprint density at radius 3 is 3.00 bits per heavy atom. The van der Waals surface area contributed by atoms with E-state index in [9.17, 15) is 4.79 Å². The van der Waals surface area contributed by atoms with Crippen molar-refractivity contribution in [1.82, 2.24) is 10.1 Å². The second kappa shape index (κ2) is 4.44. The molecular weight excluding hydrogens is 274 g/mol. The normalized spacial score (nSPS) is 10.1. The highest BCUT2D eigenvalue weighted by atomic mass is 79.9. The fourth-order valence-corrected chi connectivity index (χ4v) is 1.49. The van der Waals surface area contributed by atoms with E-state index in [-0.39, 0.29) is 11.6 Å². The van der Waals surface area contributed by atoms with Crippen LogP contribution in [-0.4, -0.2) is 16.0 Å². The summed E-state index contributed by atoms with van der Waals surface area (Å²) in [6, 6.07) is 3.26. The number of aryl methyl sites for hydroxylation is 1. The molecule has 6 heteroatoms. The SMILES string of the molecule is Cc1cc(C(=O)Nc2ccncc2Br)no1. The number of rotatable bonds is 2. The van der Waals surface area contributed by atoms with E-state index < -0.39 is 0 Å². The summed E-state index contributed by atoms with van der Waals surface area (Å²) in [4.78, 5) is 15.6. The quantitative estimate of drug-likeness (QED) is 0.918. The summed E-state index contributed by atoms with van der Waals surface area (Å²) in [6.07, 6.45) is 3.19. The van der Waals surface area contributed by atoms with Gasteiger partial charge in [0.25, 0.3) is 5.91 Å². The number of pyridine rings is 1. The Morgan fingerprint density at radius 2 is 2.38 bits per heavy atom. The molecule has 0 aliphatic carbocycles. The summed E-state index contributed by atoms with van der Waals surface area (Å²) in [5.41, 5.74) is 0.891. The molecule has 0 saturated carbocycles. The molecule has 0 fully saturated rings. The number of hydrogen-bond acceptors (Lipinski definition) is 4. The molecule has 0 unspecified atom stereocenters. The molecule has 1 amide bonds. The third kappa shape index (κ3) is 2.27. The molecule has 0 aliphatic rings. The third-order valence-corrected chi connectivity index (χ3v) is 2.51. The predicted octanol–water partition coefficient (Wildman–Crippen LogP) is 2.39. The van der Waals surface area contributed by atoms with Crippen molar-refractivity contribution < 1.29 is 9.32 Å². The molecule has 2 aromatic rings. The fourth-order valence-electron chi connectivity index (χ4n) is 1.14. The van der Waals surface area contributed by atoms with Gasteiger partial charge in [-0.2, -0.15) is 0 Å². The van der Waals surface area contributed by atoms with Crippen molar-refractivity contribution in [2.75, 3.05) is 5.32 Å². The van der Waals surface area contributed by atoms with Gasteiger partial charge in [0.15, 0.2) is 5.69 Å². The van der Waals surface area contributed by atoms with Crippen molar-refractivity contribution >= 4 is 27.5 Å². The first-order valence-corrected chi connectivity index (χ1v) is 5.30. The minimum absolute atomic E-state index is 0.251. The van der Waals surface area contributed by atoms with Crippen LogP contribution in [-0.2, 0) is 0 Å². The largest absolute Gasteiger partial charge is 0.361 e. The lowest BCUT2D eigenvalue weighted by Gasteiger charge is -2.03. The molecule has 0 saturated heterocycles. The minimum atomic E-state index is -0.316. The van der Waals surface area contributed by atoms with Gasteiger partial charge in [-0.05, 0) is 28.9 Å². The van der Waals surface area contributed by atoms with Gasteiger partial charge in [-0.15, -0.1) is 0 Å². The van der Waals surface area contributed by atoms with Gasteiger partial charge in [-0.1, -0.05) is 5.16 Å². The number of aromatic nitrogens is 2. The van der Waals surface area contributed by atoms with Gasteiger partial charge < -0.3 is 9.84 Å². The second-order valence-electron chi connectivity index (χ2n) is 3.13. The van der Waals surface area contributed by atoms with Gasteiger partial charge in [0, 0.05) is 18.5 Å². The van der Waals surface area contributed by atoms with E-state index in [2.05, 4.69) is 31.4 Å². The molecule has 0 aliphatic heterocycles. The van der Waals surface area contributed by atoms with Crippen molar-refractivity contribution in [3.8, 4) is 0 Å². The lowest BCUT2D eigenvalue weighted by atomic mass is 10.3.